The molecule has 0 atom stereocenters. The molecule has 0 unspecified atom stereocenters. The first-order chi connectivity index (χ1) is 5.86. The van der Waals surface area contributed by atoms with Crippen LogP contribution in [0.5, 0.6) is 0 Å². The zero-order valence-corrected chi connectivity index (χ0v) is 7.05. The van der Waals surface area contributed by atoms with Crippen molar-refractivity contribution in [1.29, 1.82) is 0 Å². The Labute approximate surface area is 75.2 Å². The third-order valence-electron chi connectivity index (χ3n) is 1.60. The topological polar surface area (TPSA) is 28.7 Å². The lowest BCUT2D eigenvalue weighted by Gasteiger charge is -1.95. The number of hydrogen-bond donors (Lipinski definition) is 1. The second-order valence-electron chi connectivity index (χ2n) is 2.45. The summed E-state index contributed by atoms with van der Waals surface area (Å²) in [6.45, 7) is 0. The summed E-state index contributed by atoms with van der Waals surface area (Å²) in [6.07, 6.45) is 3.50. The molecule has 2 nitrogen and oxygen atoms in total. The highest BCUT2D eigenvalue weighted by Crippen LogP contribution is 2.15. The Hall–Kier alpha value is -1.28. The third-order valence-corrected chi connectivity index (χ3v) is 1.82. The van der Waals surface area contributed by atoms with Crippen molar-refractivity contribution in [3.05, 3.63) is 41.7 Å². The Balaban J connectivity index is 2.43. The zero-order valence-electron chi connectivity index (χ0n) is 6.29. The van der Waals surface area contributed by atoms with E-state index in [1.807, 2.05) is 30.5 Å². The fourth-order valence-electron chi connectivity index (χ4n) is 1.02. The molecule has 2 heterocycles. The fraction of sp³-hybridized carbons (Fsp3) is 0. The number of pyridine rings is 1. The van der Waals surface area contributed by atoms with Gasteiger partial charge in [-0.05, 0) is 24.3 Å². The second kappa shape index (κ2) is 2.99. The maximum absolute atomic E-state index is 5.70. The Bertz CT molecular complexity index is 351. The van der Waals surface area contributed by atoms with Crippen molar-refractivity contribution in [2.45, 2.75) is 0 Å². The molecule has 2 aromatic heterocycles. The van der Waals surface area contributed by atoms with Crippen LogP contribution >= 0.6 is 11.6 Å². The molecule has 0 radical (unpaired) electrons. The van der Waals surface area contributed by atoms with E-state index >= 15 is 0 Å². The van der Waals surface area contributed by atoms with Crippen LogP contribution < -0.4 is 0 Å². The Kier molecular flexibility index (Phi) is 1.84. The minimum absolute atomic E-state index is 0.658. The lowest BCUT2D eigenvalue weighted by Crippen LogP contribution is -1.81. The number of nitrogens with zero attached hydrogens (tertiary/aromatic N) is 1. The number of halogens is 1. The van der Waals surface area contributed by atoms with Crippen molar-refractivity contribution >= 4 is 11.6 Å². The summed E-state index contributed by atoms with van der Waals surface area (Å²) < 4.78 is 0. The van der Waals surface area contributed by atoms with Gasteiger partial charge in [0.1, 0.15) is 0 Å². The molecule has 2 aromatic rings. The van der Waals surface area contributed by atoms with Gasteiger partial charge >= 0.3 is 0 Å². The number of H-pyrrole nitrogens is 1. The maximum Gasteiger partial charge on any atom is 0.0865 e. The minimum Gasteiger partial charge on any atom is -0.360 e. The largest absolute Gasteiger partial charge is 0.360 e. The van der Waals surface area contributed by atoms with Crippen LogP contribution in [0.4, 0.5) is 0 Å². The van der Waals surface area contributed by atoms with Gasteiger partial charge in [-0.3, -0.25) is 4.98 Å². The zero-order chi connectivity index (χ0) is 8.39. The van der Waals surface area contributed by atoms with Gasteiger partial charge in [-0.1, -0.05) is 11.6 Å². The SMILES string of the molecule is Clc1ccc(-c2ccc[nH]2)nc1. The van der Waals surface area contributed by atoms with Gasteiger partial charge in [0.15, 0.2) is 0 Å². The van der Waals surface area contributed by atoms with Gasteiger partial charge in [0, 0.05) is 12.4 Å². The van der Waals surface area contributed by atoms with E-state index in [1.165, 1.54) is 0 Å². The van der Waals surface area contributed by atoms with Crippen LogP contribution in [-0.4, -0.2) is 9.97 Å². The molecule has 0 spiro atoms. The number of aromatic nitrogens is 2. The van der Waals surface area contributed by atoms with E-state index in [9.17, 15) is 0 Å². The molecule has 0 aliphatic heterocycles. The molecule has 0 saturated carbocycles. The van der Waals surface area contributed by atoms with E-state index in [-0.39, 0.29) is 0 Å². The molecule has 0 bridgehead atoms. The first kappa shape index (κ1) is 7.37. The molecular weight excluding hydrogens is 172 g/mol. The first-order valence-corrected chi connectivity index (χ1v) is 3.99. The van der Waals surface area contributed by atoms with Gasteiger partial charge in [0.25, 0.3) is 0 Å². The van der Waals surface area contributed by atoms with E-state index in [2.05, 4.69) is 9.97 Å². The van der Waals surface area contributed by atoms with Crippen molar-refractivity contribution in [1.82, 2.24) is 9.97 Å². The molecule has 0 aromatic carbocycles. The molecule has 2 rings (SSSR count). The molecule has 60 valence electrons. The van der Waals surface area contributed by atoms with E-state index < -0.39 is 0 Å². The van der Waals surface area contributed by atoms with Gasteiger partial charge < -0.3 is 4.98 Å². The van der Waals surface area contributed by atoms with Crippen LogP contribution in [0.25, 0.3) is 11.4 Å². The third kappa shape index (κ3) is 1.34. The average Bonchev–Trinajstić information content (AvgIpc) is 2.58. The van der Waals surface area contributed by atoms with Gasteiger partial charge in [0.05, 0.1) is 16.4 Å². The number of rotatable bonds is 1. The molecular formula is C9H7ClN2. The van der Waals surface area contributed by atoms with E-state index in [1.54, 1.807) is 6.20 Å². The molecule has 0 amide bonds. The van der Waals surface area contributed by atoms with Crippen LogP contribution in [0, 0.1) is 0 Å². The average molecular weight is 179 g/mol. The summed E-state index contributed by atoms with van der Waals surface area (Å²) >= 11 is 5.70. The highest BCUT2D eigenvalue weighted by Gasteiger charge is 1.97. The van der Waals surface area contributed by atoms with Crippen LogP contribution in [0.1, 0.15) is 0 Å². The van der Waals surface area contributed by atoms with E-state index in [0.717, 1.165) is 11.4 Å². The van der Waals surface area contributed by atoms with Gasteiger partial charge in [-0.2, -0.15) is 0 Å². The Morgan fingerprint density at radius 2 is 2.17 bits per heavy atom. The summed E-state index contributed by atoms with van der Waals surface area (Å²) in [6, 6.07) is 7.61. The molecule has 1 N–H and O–H groups in total. The van der Waals surface area contributed by atoms with Crippen molar-refractivity contribution in [3.63, 3.8) is 0 Å². The molecule has 0 fully saturated rings. The van der Waals surface area contributed by atoms with Crippen LogP contribution in [0.3, 0.4) is 0 Å². The Morgan fingerprint density at radius 1 is 1.25 bits per heavy atom. The summed E-state index contributed by atoms with van der Waals surface area (Å²) in [5.74, 6) is 0. The van der Waals surface area contributed by atoms with Crippen molar-refractivity contribution in [2.75, 3.05) is 0 Å². The lowest BCUT2D eigenvalue weighted by atomic mass is 10.3. The van der Waals surface area contributed by atoms with E-state index in [0.29, 0.717) is 5.02 Å². The summed E-state index contributed by atoms with van der Waals surface area (Å²) in [4.78, 5) is 7.22. The molecule has 0 aliphatic rings. The van der Waals surface area contributed by atoms with Gasteiger partial charge in [-0.15, -0.1) is 0 Å². The van der Waals surface area contributed by atoms with Crippen LogP contribution in [-0.2, 0) is 0 Å². The molecule has 3 heteroatoms. The normalized spacial score (nSPS) is 10.1. The highest BCUT2D eigenvalue weighted by molar-refractivity contribution is 6.30. The predicted molar refractivity (Wildman–Crippen MR) is 49.0 cm³/mol. The number of aromatic amines is 1. The highest BCUT2D eigenvalue weighted by atomic mass is 35.5. The molecule has 0 saturated heterocycles. The lowest BCUT2D eigenvalue weighted by molar-refractivity contribution is 1.28. The predicted octanol–water partition coefficient (Wildman–Crippen LogP) is 2.73. The summed E-state index contributed by atoms with van der Waals surface area (Å²) in [7, 11) is 0. The summed E-state index contributed by atoms with van der Waals surface area (Å²) in [5, 5.41) is 0.658. The quantitative estimate of drug-likeness (QED) is 0.715. The molecule has 0 aliphatic carbocycles. The number of hydrogen-bond acceptors (Lipinski definition) is 1. The van der Waals surface area contributed by atoms with Crippen molar-refractivity contribution in [2.24, 2.45) is 0 Å². The minimum atomic E-state index is 0.658. The Morgan fingerprint density at radius 3 is 2.75 bits per heavy atom. The standard InChI is InChI=1S/C9H7ClN2/c10-7-3-4-9(12-6-7)8-2-1-5-11-8/h1-6,11H. The van der Waals surface area contributed by atoms with E-state index in [4.69, 9.17) is 11.6 Å². The number of nitrogens with one attached hydrogen (secondary N) is 1. The summed E-state index contributed by atoms with van der Waals surface area (Å²) in [5.41, 5.74) is 1.91. The van der Waals surface area contributed by atoms with Crippen molar-refractivity contribution < 1.29 is 0 Å². The van der Waals surface area contributed by atoms with Crippen LogP contribution in [0.2, 0.25) is 5.02 Å². The fourth-order valence-corrected chi connectivity index (χ4v) is 1.14. The monoisotopic (exact) mass is 178 g/mol. The molecule has 12 heavy (non-hydrogen) atoms. The van der Waals surface area contributed by atoms with Crippen molar-refractivity contribution in [3.8, 4) is 11.4 Å². The second-order valence-corrected chi connectivity index (χ2v) is 2.88. The smallest absolute Gasteiger partial charge is 0.0865 e. The first-order valence-electron chi connectivity index (χ1n) is 3.61. The van der Waals surface area contributed by atoms with Gasteiger partial charge in [0.2, 0.25) is 0 Å². The van der Waals surface area contributed by atoms with Crippen LogP contribution in [0.15, 0.2) is 36.7 Å². The van der Waals surface area contributed by atoms with Gasteiger partial charge in [-0.25, -0.2) is 0 Å². The maximum atomic E-state index is 5.70.